The van der Waals surface area contributed by atoms with E-state index in [4.69, 9.17) is 14.2 Å². The molecule has 1 aliphatic rings. The molecule has 0 radical (unpaired) electrons. The Morgan fingerprint density at radius 3 is 2.27 bits per heavy atom. The number of hydrogen-bond donors (Lipinski definition) is 0. The van der Waals surface area contributed by atoms with Gasteiger partial charge in [-0.2, -0.15) is 4.31 Å². The van der Waals surface area contributed by atoms with Crippen LogP contribution in [0.5, 0.6) is 11.5 Å². The molecule has 2 rings (SSSR count). The van der Waals surface area contributed by atoms with Crippen LogP contribution < -0.4 is 9.47 Å². The van der Waals surface area contributed by atoms with Crippen LogP contribution >= 0.6 is 0 Å². The lowest BCUT2D eigenvalue weighted by Crippen LogP contribution is -2.52. The molecule has 26 heavy (non-hydrogen) atoms. The summed E-state index contributed by atoms with van der Waals surface area (Å²) in [5.74, 6) is 0.703. The second-order valence-corrected chi connectivity index (χ2v) is 7.78. The molecule has 1 fully saturated rings. The summed E-state index contributed by atoms with van der Waals surface area (Å²) in [7, 11) is -0.723. The molecule has 1 atom stereocenters. The van der Waals surface area contributed by atoms with Crippen LogP contribution in [0.4, 0.5) is 0 Å². The quantitative estimate of drug-likeness (QED) is 0.694. The fourth-order valence-electron chi connectivity index (χ4n) is 2.85. The molecule has 0 bridgehead atoms. The van der Waals surface area contributed by atoms with Gasteiger partial charge in [0.2, 0.25) is 10.0 Å². The van der Waals surface area contributed by atoms with Crippen LogP contribution in [0.2, 0.25) is 0 Å². The van der Waals surface area contributed by atoms with Gasteiger partial charge in [-0.1, -0.05) is 0 Å². The van der Waals surface area contributed by atoms with Gasteiger partial charge in [-0.3, -0.25) is 4.79 Å². The van der Waals surface area contributed by atoms with Gasteiger partial charge in [0, 0.05) is 38.9 Å². The Bertz CT molecular complexity index is 729. The van der Waals surface area contributed by atoms with Crippen molar-refractivity contribution in [3.05, 3.63) is 18.2 Å². The van der Waals surface area contributed by atoms with Gasteiger partial charge in [0.1, 0.15) is 6.10 Å². The van der Waals surface area contributed by atoms with E-state index < -0.39 is 16.1 Å². The molecule has 1 heterocycles. The summed E-state index contributed by atoms with van der Waals surface area (Å²) in [6.45, 7) is 5.14. The molecule has 1 aromatic rings. The Morgan fingerprint density at radius 1 is 1.12 bits per heavy atom. The summed E-state index contributed by atoms with van der Waals surface area (Å²) in [4.78, 5) is 14.0. The highest BCUT2D eigenvalue weighted by Crippen LogP contribution is 2.30. The number of nitrogens with zero attached hydrogens (tertiary/aromatic N) is 2. The van der Waals surface area contributed by atoms with Crippen molar-refractivity contribution in [2.24, 2.45) is 0 Å². The van der Waals surface area contributed by atoms with E-state index in [-0.39, 0.29) is 23.9 Å². The van der Waals surface area contributed by atoms with Gasteiger partial charge in [-0.15, -0.1) is 0 Å². The standard InChI is InChI=1S/C17H26N2O6S/c1-5-25-13(2)17(20)18-8-10-19(11-9-18)26(21,22)14-6-7-15(23-3)16(12-14)24-4/h6-7,12-13H,5,8-11H2,1-4H3. The first-order valence-electron chi connectivity index (χ1n) is 8.47. The SMILES string of the molecule is CCOC(C)C(=O)N1CCN(S(=O)(=O)c2ccc(OC)c(OC)c2)CC1. The van der Waals surface area contributed by atoms with Crippen molar-refractivity contribution >= 4 is 15.9 Å². The lowest BCUT2D eigenvalue weighted by molar-refractivity contribution is -0.143. The molecule has 1 amide bonds. The normalized spacial score (nSPS) is 17.0. The fourth-order valence-corrected chi connectivity index (χ4v) is 4.29. The number of ether oxygens (including phenoxy) is 3. The molecular weight excluding hydrogens is 360 g/mol. The van der Waals surface area contributed by atoms with Crippen LogP contribution in [0.15, 0.2) is 23.1 Å². The number of piperazine rings is 1. The van der Waals surface area contributed by atoms with Crippen LogP contribution in [0.3, 0.4) is 0 Å². The summed E-state index contributed by atoms with van der Waals surface area (Å²) in [5.41, 5.74) is 0. The molecule has 146 valence electrons. The number of carbonyl (C=O) groups is 1. The van der Waals surface area contributed by atoms with Gasteiger partial charge in [0.25, 0.3) is 5.91 Å². The maximum Gasteiger partial charge on any atom is 0.251 e. The highest BCUT2D eigenvalue weighted by Gasteiger charge is 2.32. The zero-order valence-electron chi connectivity index (χ0n) is 15.6. The molecule has 0 aromatic heterocycles. The van der Waals surface area contributed by atoms with E-state index >= 15 is 0 Å². The first-order chi connectivity index (χ1) is 12.3. The first-order valence-corrected chi connectivity index (χ1v) is 9.91. The minimum atomic E-state index is -3.67. The molecular formula is C17H26N2O6S. The summed E-state index contributed by atoms with van der Waals surface area (Å²) in [6, 6.07) is 4.50. The number of amides is 1. The van der Waals surface area contributed by atoms with Gasteiger partial charge < -0.3 is 19.1 Å². The van der Waals surface area contributed by atoms with Crippen molar-refractivity contribution in [2.75, 3.05) is 47.0 Å². The van der Waals surface area contributed by atoms with Crippen molar-refractivity contribution < 1.29 is 27.4 Å². The molecule has 0 spiro atoms. The van der Waals surface area contributed by atoms with E-state index in [0.717, 1.165) is 0 Å². The number of methoxy groups -OCH3 is 2. The zero-order chi connectivity index (χ0) is 19.3. The zero-order valence-corrected chi connectivity index (χ0v) is 16.4. The maximum absolute atomic E-state index is 12.9. The second kappa shape index (κ2) is 8.70. The Kier molecular flexibility index (Phi) is 6.85. The summed E-state index contributed by atoms with van der Waals surface area (Å²) >= 11 is 0. The largest absolute Gasteiger partial charge is 0.493 e. The van der Waals surface area contributed by atoms with E-state index in [1.807, 2.05) is 6.92 Å². The molecule has 1 unspecified atom stereocenters. The van der Waals surface area contributed by atoms with Crippen LogP contribution in [0.25, 0.3) is 0 Å². The Morgan fingerprint density at radius 2 is 1.73 bits per heavy atom. The van der Waals surface area contributed by atoms with Crippen molar-refractivity contribution in [1.29, 1.82) is 0 Å². The highest BCUT2D eigenvalue weighted by molar-refractivity contribution is 7.89. The lowest BCUT2D eigenvalue weighted by Gasteiger charge is -2.35. The van der Waals surface area contributed by atoms with Crippen LogP contribution in [-0.2, 0) is 19.6 Å². The number of sulfonamides is 1. The van der Waals surface area contributed by atoms with Gasteiger partial charge in [-0.25, -0.2) is 8.42 Å². The van der Waals surface area contributed by atoms with Crippen LogP contribution in [-0.4, -0.2) is 76.6 Å². The van der Waals surface area contributed by atoms with Crippen molar-refractivity contribution in [3.63, 3.8) is 0 Å². The number of rotatable bonds is 7. The summed E-state index contributed by atoms with van der Waals surface area (Å²) in [5, 5.41) is 0. The molecule has 8 nitrogen and oxygen atoms in total. The van der Waals surface area contributed by atoms with Gasteiger partial charge >= 0.3 is 0 Å². The van der Waals surface area contributed by atoms with E-state index in [9.17, 15) is 13.2 Å². The lowest BCUT2D eigenvalue weighted by atomic mass is 10.3. The minimum absolute atomic E-state index is 0.116. The van der Waals surface area contributed by atoms with Crippen molar-refractivity contribution in [3.8, 4) is 11.5 Å². The summed E-state index contributed by atoms with van der Waals surface area (Å²) < 4.78 is 42.8. The third-order valence-corrected chi connectivity index (χ3v) is 6.20. The fraction of sp³-hybridized carbons (Fsp3) is 0.588. The van der Waals surface area contributed by atoms with Crippen LogP contribution in [0.1, 0.15) is 13.8 Å². The molecule has 1 aliphatic heterocycles. The Labute approximate surface area is 154 Å². The van der Waals surface area contributed by atoms with E-state index in [2.05, 4.69) is 0 Å². The third kappa shape index (κ3) is 4.28. The number of carbonyl (C=O) groups excluding carboxylic acids is 1. The molecule has 0 N–H and O–H groups in total. The average molecular weight is 386 g/mol. The van der Waals surface area contributed by atoms with E-state index in [1.54, 1.807) is 17.9 Å². The molecule has 1 saturated heterocycles. The Hall–Kier alpha value is -1.84. The first kappa shape index (κ1) is 20.5. The maximum atomic E-state index is 12.9. The van der Waals surface area contributed by atoms with Gasteiger partial charge in [0.05, 0.1) is 19.1 Å². The monoisotopic (exact) mass is 386 g/mol. The van der Waals surface area contributed by atoms with E-state index in [1.165, 1.54) is 30.7 Å². The number of benzene rings is 1. The van der Waals surface area contributed by atoms with Gasteiger partial charge in [0.15, 0.2) is 11.5 Å². The second-order valence-electron chi connectivity index (χ2n) is 5.84. The van der Waals surface area contributed by atoms with Crippen LogP contribution in [0, 0.1) is 0 Å². The minimum Gasteiger partial charge on any atom is -0.493 e. The topological polar surface area (TPSA) is 85.4 Å². The predicted octanol–water partition coefficient (Wildman–Crippen LogP) is 0.962. The van der Waals surface area contributed by atoms with E-state index in [0.29, 0.717) is 31.2 Å². The smallest absolute Gasteiger partial charge is 0.251 e. The van der Waals surface area contributed by atoms with Gasteiger partial charge in [-0.05, 0) is 26.0 Å². The molecule has 0 saturated carbocycles. The predicted molar refractivity (Wildman–Crippen MR) is 96.0 cm³/mol. The molecule has 1 aromatic carbocycles. The number of hydrogen-bond acceptors (Lipinski definition) is 6. The Balaban J connectivity index is 2.09. The summed E-state index contributed by atoms with van der Waals surface area (Å²) in [6.07, 6.45) is -0.519. The van der Waals surface area contributed by atoms with Crippen molar-refractivity contribution in [1.82, 2.24) is 9.21 Å². The highest BCUT2D eigenvalue weighted by atomic mass is 32.2. The third-order valence-electron chi connectivity index (χ3n) is 4.31. The van der Waals surface area contributed by atoms with Crippen molar-refractivity contribution in [2.45, 2.75) is 24.8 Å². The molecule has 9 heteroatoms. The average Bonchev–Trinajstić information content (AvgIpc) is 2.67. The molecule has 0 aliphatic carbocycles.